The van der Waals surface area contributed by atoms with Crippen molar-refractivity contribution in [2.45, 2.75) is 0 Å². The Morgan fingerprint density at radius 1 is 0.923 bits per heavy atom. The number of carbonyl (C=O) groups is 3. The van der Waals surface area contributed by atoms with Crippen molar-refractivity contribution in [3.8, 4) is 5.75 Å². The lowest BCUT2D eigenvalue weighted by atomic mass is 10.2. The molecule has 3 amide bonds. The summed E-state index contributed by atoms with van der Waals surface area (Å²) in [5, 5.41) is 0. The number of ether oxygens (including phenoxy) is 1. The minimum absolute atomic E-state index is 0.194. The zero-order chi connectivity index (χ0) is 19.1. The second-order valence-corrected chi connectivity index (χ2v) is 6.32. The van der Waals surface area contributed by atoms with Crippen LogP contribution in [0.3, 0.4) is 0 Å². The van der Waals surface area contributed by atoms with Crippen LogP contribution in [0.4, 0.5) is 0 Å². The van der Waals surface area contributed by atoms with Crippen LogP contribution in [0.5, 0.6) is 5.75 Å². The van der Waals surface area contributed by atoms with Gasteiger partial charge in [-0.05, 0) is 40.2 Å². The molecule has 0 aliphatic carbocycles. The fraction of sp³-hybridized carbons (Fsp3) is 0.167. The summed E-state index contributed by atoms with van der Waals surface area (Å²) in [7, 11) is 3.23. The lowest BCUT2D eigenvalue weighted by Crippen LogP contribution is -2.42. The van der Waals surface area contributed by atoms with E-state index in [-0.39, 0.29) is 23.8 Å². The van der Waals surface area contributed by atoms with E-state index in [4.69, 9.17) is 4.74 Å². The molecule has 2 N–H and O–H groups in total. The highest BCUT2D eigenvalue weighted by Gasteiger charge is 2.15. The molecule has 0 fully saturated rings. The van der Waals surface area contributed by atoms with Crippen LogP contribution in [0.2, 0.25) is 0 Å². The lowest BCUT2D eigenvalue weighted by molar-refractivity contribution is -0.130. The van der Waals surface area contributed by atoms with Crippen LogP contribution >= 0.6 is 15.9 Å². The predicted octanol–water partition coefficient (Wildman–Crippen LogP) is 1.99. The average Bonchev–Trinajstić information content (AvgIpc) is 2.64. The van der Waals surface area contributed by atoms with Gasteiger partial charge in [0.2, 0.25) is 0 Å². The number of para-hydroxylation sites is 1. The van der Waals surface area contributed by atoms with E-state index in [0.29, 0.717) is 10.0 Å². The first-order valence-corrected chi connectivity index (χ1v) is 8.46. The van der Waals surface area contributed by atoms with E-state index in [9.17, 15) is 14.4 Å². The van der Waals surface area contributed by atoms with E-state index in [1.165, 1.54) is 11.0 Å². The molecule has 136 valence electrons. The summed E-state index contributed by atoms with van der Waals surface area (Å²) in [6, 6.07) is 13.3. The number of carbonyl (C=O) groups excluding carboxylic acids is 3. The average molecular weight is 420 g/mol. The van der Waals surface area contributed by atoms with Crippen molar-refractivity contribution in [1.29, 1.82) is 0 Å². The quantitative estimate of drug-likeness (QED) is 0.725. The Balaban J connectivity index is 2.02. The van der Waals surface area contributed by atoms with Crippen molar-refractivity contribution in [3.05, 3.63) is 64.1 Å². The van der Waals surface area contributed by atoms with Gasteiger partial charge in [0, 0.05) is 18.6 Å². The van der Waals surface area contributed by atoms with Gasteiger partial charge in [-0.3, -0.25) is 25.2 Å². The van der Waals surface area contributed by atoms with E-state index in [2.05, 4.69) is 26.8 Å². The summed E-state index contributed by atoms with van der Waals surface area (Å²) < 4.78 is 6.03. The predicted molar refractivity (Wildman–Crippen MR) is 99.7 cm³/mol. The van der Waals surface area contributed by atoms with E-state index in [0.717, 1.165) is 0 Å². The molecule has 0 heterocycles. The van der Waals surface area contributed by atoms with Crippen molar-refractivity contribution < 1.29 is 19.1 Å². The summed E-state index contributed by atoms with van der Waals surface area (Å²) >= 11 is 3.28. The fourth-order valence-corrected chi connectivity index (χ4v) is 2.41. The molecular weight excluding hydrogens is 402 g/mol. The number of likely N-dealkylation sites (N-methyl/N-ethyl adjacent to an activating group) is 1. The van der Waals surface area contributed by atoms with Crippen LogP contribution in [0.15, 0.2) is 53.0 Å². The van der Waals surface area contributed by atoms with Gasteiger partial charge in [0.15, 0.2) is 6.61 Å². The zero-order valence-electron chi connectivity index (χ0n) is 14.3. The molecule has 0 radical (unpaired) electrons. The molecule has 0 atom stereocenters. The van der Waals surface area contributed by atoms with Crippen LogP contribution in [0.1, 0.15) is 20.7 Å². The van der Waals surface area contributed by atoms with Gasteiger partial charge >= 0.3 is 0 Å². The third kappa shape index (κ3) is 5.06. The second-order valence-electron chi connectivity index (χ2n) is 5.46. The number of hydrogen-bond acceptors (Lipinski definition) is 4. The molecular formula is C18H18BrN3O4. The largest absolute Gasteiger partial charge is 0.483 e. The number of amides is 3. The smallest absolute Gasteiger partial charge is 0.273 e. The summed E-state index contributed by atoms with van der Waals surface area (Å²) in [6.07, 6.45) is 0. The highest BCUT2D eigenvalue weighted by atomic mass is 79.9. The molecule has 0 saturated heterocycles. The Morgan fingerprint density at radius 2 is 1.46 bits per heavy atom. The van der Waals surface area contributed by atoms with Gasteiger partial charge < -0.3 is 9.64 Å². The van der Waals surface area contributed by atoms with Crippen LogP contribution in [-0.2, 0) is 4.79 Å². The molecule has 26 heavy (non-hydrogen) atoms. The van der Waals surface area contributed by atoms with Crippen LogP contribution < -0.4 is 15.6 Å². The van der Waals surface area contributed by atoms with Crippen molar-refractivity contribution in [2.24, 2.45) is 0 Å². The molecule has 0 saturated carbocycles. The Hall–Kier alpha value is -2.87. The Morgan fingerprint density at radius 3 is 2.08 bits per heavy atom. The molecule has 0 aromatic heterocycles. The first kappa shape index (κ1) is 19.5. The van der Waals surface area contributed by atoms with Gasteiger partial charge in [-0.25, -0.2) is 0 Å². The lowest BCUT2D eigenvalue weighted by Gasteiger charge is -2.14. The van der Waals surface area contributed by atoms with Crippen LogP contribution in [0.25, 0.3) is 0 Å². The molecule has 0 spiro atoms. The topological polar surface area (TPSA) is 87.7 Å². The third-order valence-electron chi connectivity index (χ3n) is 3.39. The summed E-state index contributed by atoms with van der Waals surface area (Å²) in [4.78, 5) is 37.5. The Bertz CT molecular complexity index is 824. The van der Waals surface area contributed by atoms with Gasteiger partial charge in [0.1, 0.15) is 5.75 Å². The van der Waals surface area contributed by atoms with E-state index >= 15 is 0 Å². The molecule has 2 rings (SSSR count). The van der Waals surface area contributed by atoms with Crippen molar-refractivity contribution >= 4 is 33.7 Å². The molecule has 2 aromatic carbocycles. The van der Waals surface area contributed by atoms with Gasteiger partial charge in [-0.15, -0.1) is 0 Å². The van der Waals surface area contributed by atoms with E-state index in [1.807, 2.05) is 0 Å². The van der Waals surface area contributed by atoms with Gasteiger partial charge in [0.25, 0.3) is 17.7 Å². The van der Waals surface area contributed by atoms with Crippen molar-refractivity contribution in [3.63, 3.8) is 0 Å². The maximum absolute atomic E-state index is 12.4. The number of halogens is 1. The standard InChI is InChI=1S/C18H18BrN3O4/c1-22(2)16(23)11-26-15-10-6-4-8-13(15)18(25)21-20-17(24)12-7-3-5-9-14(12)19/h3-10H,11H2,1-2H3,(H,20,24)(H,21,25). The maximum atomic E-state index is 12.4. The first-order chi connectivity index (χ1) is 12.4. The van der Waals surface area contributed by atoms with Gasteiger partial charge in [0.05, 0.1) is 11.1 Å². The van der Waals surface area contributed by atoms with Crippen molar-refractivity contribution in [2.75, 3.05) is 20.7 Å². The number of hydrazine groups is 1. The number of hydrogen-bond donors (Lipinski definition) is 2. The maximum Gasteiger partial charge on any atom is 0.273 e. The second kappa shape index (κ2) is 9.00. The van der Waals surface area contributed by atoms with Gasteiger partial charge in [-0.1, -0.05) is 24.3 Å². The molecule has 0 bridgehead atoms. The molecule has 0 unspecified atom stereocenters. The minimum atomic E-state index is -0.557. The fourth-order valence-electron chi connectivity index (χ4n) is 1.94. The summed E-state index contributed by atoms with van der Waals surface area (Å²) in [5.74, 6) is -1.01. The number of nitrogens with one attached hydrogen (secondary N) is 2. The number of rotatable bonds is 5. The Labute approximate surface area is 159 Å². The number of benzene rings is 2. The minimum Gasteiger partial charge on any atom is -0.483 e. The number of nitrogens with zero attached hydrogens (tertiary/aromatic N) is 1. The van der Waals surface area contributed by atoms with E-state index in [1.54, 1.807) is 56.6 Å². The molecule has 2 aromatic rings. The molecule has 8 heteroatoms. The molecule has 0 aliphatic heterocycles. The first-order valence-electron chi connectivity index (χ1n) is 7.67. The molecule has 7 nitrogen and oxygen atoms in total. The van der Waals surface area contributed by atoms with E-state index < -0.39 is 11.8 Å². The summed E-state index contributed by atoms with van der Waals surface area (Å²) in [6.45, 7) is -0.194. The zero-order valence-corrected chi connectivity index (χ0v) is 15.9. The third-order valence-corrected chi connectivity index (χ3v) is 4.08. The Kier molecular flexibility index (Phi) is 6.74. The van der Waals surface area contributed by atoms with Crippen LogP contribution in [-0.4, -0.2) is 43.3 Å². The SMILES string of the molecule is CN(C)C(=O)COc1ccccc1C(=O)NNC(=O)c1ccccc1Br. The summed E-state index contributed by atoms with van der Waals surface area (Å²) in [5.41, 5.74) is 5.27. The molecule has 0 aliphatic rings. The highest BCUT2D eigenvalue weighted by molar-refractivity contribution is 9.10. The van der Waals surface area contributed by atoms with Gasteiger partial charge in [-0.2, -0.15) is 0 Å². The normalized spacial score (nSPS) is 9.96. The van der Waals surface area contributed by atoms with Crippen LogP contribution in [0, 0.1) is 0 Å². The van der Waals surface area contributed by atoms with Crippen molar-refractivity contribution in [1.82, 2.24) is 15.8 Å². The monoisotopic (exact) mass is 419 g/mol. The highest BCUT2D eigenvalue weighted by Crippen LogP contribution is 2.18.